The Balaban J connectivity index is 1.76. The summed E-state index contributed by atoms with van der Waals surface area (Å²) >= 11 is 0. The topological polar surface area (TPSA) is 57.1 Å². The Morgan fingerprint density at radius 3 is 2.65 bits per heavy atom. The number of aromatic nitrogens is 5. The summed E-state index contributed by atoms with van der Waals surface area (Å²) in [5.41, 5.74) is 5.50. The highest BCUT2D eigenvalue weighted by molar-refractivity contribution is 5.66. The molecule has 0 spiro atoms. The molecule has 7 heteroatoms. The van der Waals surface area contributed by atoms with Gasteiger partial charge >= 0.3 is 5.69 Å². The molecule has 5 aromatic rings. The first-order chi connectivity index (χ1) is 15.0. The van der Waals surface area contributed by atoms with E-state index in [1.54, 1.807) is 19.7 Å². The van der Waals surface area contributed by atoms with Crippen LogP contribution in [0.3, 0.4) is 0 Å². The third-order valence-corrected chi connectivity index (χ3v) is 5.43. The SMILES string of the molecule is Cc1cccc(-n2c(-c3ccc4ncnn4c3)c(C)n(Cc3cccc(F)c3)c2=O)c1. The van der Waals surface area contributed by atoms with Crippen molar-refractivity contribution >= 4 is 5.65 Å². The molecule has 0 aliphatic rings. The van der Waals surface area contributed by atoms with Gasteiger partial charge in [0, 0.05) is 17.5 Å². The number of pyridine rings is 1. The number of aryl methyl sites for hydroxylation is 1. The molecule has 0 bridgehead atoms. The van der Waals surface area contributed by atoms with Crippen molar-refractivity contribution in [2.75, 3.05) is 0 Å². The predicted octanol–water partition coefficient (Wildman–Crippen LogP) is 4.15. The van der Waals surface area contributed by atoms with Crippen LogP contribution >= 0.6 is 0 Å². The van der Waals surface area contributed by atoms with E-state index in [9.17, 15) is 9.18 Å². The second kappa shape index (κ2) is 7.36. The second-order valence-electron chi connectivity index (χ2n) is 7.59. The van der Waals surface area contributed by atoms with E-state index in [2.05, 4.69) is 10.1 Å². The predicted molar refractivity (Wildman–Crippen MR) is 117 cm³/mol. The summed E-state index contributed by atoms with van der Waals surface area (Å²) in [6.07, 6.45) is 3.36. The third-order valence-electron chi connectivity index (χ3n) is 5.43. The van der Waals surface area contributed by atoms with E-state index in [-0.39, 0.29) is 18.1 Å². The van der Waals surface area contributed by atoms with Crippen molar-refractivity contribution in [2.24, 2.45) is 0 Å². The summed E-state index contributed by atoms with van der Waals surface area (Å²) in [4.78, 5) is 17.8. The lowest BCUT2D eigenvalue weighted by molar-refractivity contribution is 0.622. The number of fused-ring (bicyclic) bond motifs is 1. The maximum Gasteiger partial charge on any atom is 0.333 e. The molecule has 0 radical (unpaired) electrons. The van der Waals surface area contributed by atoms with Gasteiger partial charge in [0.25, 0.3) is 0 Å². The van der Waals surface area contributed by atoms with E-state index in [0.29, 0.717) is 0 Å². The number of nitrogens with zero attached hydrogens (tertiary/aromatic N) is 5. The molecule has 0 fully saturated rings. The number of benzene rings is 2. The molecule has 154 valence electrons. The van der Waals surface area contributed by atoms with Gasteiger partial charge in [-0.25, -0.2) is 18.7 Å². The molecule has 0 unspecified atom stereocenters. The van der Waals surface area contributed by atoms with Gasteiger partial charge in [-0.2, -0.15) is 5.10 Å². The van der Waals surface area contributed by atoms with Crippen LogP contribution in [0.1, 0.15) is 16.8 Å². The molecule has 31 heavy (non-hydrogen) atoms. The van der Waals surface area contributed by atoms with Crippen molar-refractivity contribution in [2.45, 2.75) is 20.4 Å². The van der Waals surface area contributed by atoms with Crippen molar-refractivity contribution in [3.8, 4) is 16.9 Å². The lowest BCUT2D eigenvalue weighted by Gasteiger charge is -2.10. The Morgan fingerprint density at radius 1 is 1.00 bits per heavy atom. The van der Waals surface area contributed by atoms with E-state index in [1.807, 2.05) is 62.5 Å². The number of imidazole rings is 1. The van der Waals surface area contributed by atoms with Crippen LogP contribution < -0.4 is 5.69 Å². The summed E-state index contributed by atoms with van der Waals surface area (Å²) in [5.74, 6) is -0.321. The Bertz CT molecular complexity index is 1480. The van der Waals surface area contributed by atoms with E-state index < -0.39 is 0 Å². The Labute approximate surface area is 177 Å². The van der Waals surface area contributed by atoms with Crippen molar-refractivity contribution in [1.29, 1.82) is 0 Å². The molecule has 0 saturated heterocycles. The van der Waals surface area contributed by atoms with Gasteiger partial charge in [-0.3, -0.25) is 9.13 Å². The van der Waals surface area contributed by atoms with Crippen LogP contribution in [0, 0.1) is 19.7 Å². The van der Waals surface area contributed by atoms with Crippen LogP contribution in [-0.2, 0) is 6.54 Å². The normalized spacial score (nSPS) is 11.3. The van der Waals surface area contributed by atoms with Gasteiger partial charge in [0.2, 0.25) is 0 Å². The first kappa shape index (κ1) is 19.0. The Kier molecular flexibility index (Phi) is 4.51. The first-order valence-corrected chi connectivity index (χ1v) is 9.94. The van der Waals surface area contributed by atoms with Crippen molar-refractivity contribution in [1.82, 2.24) is 23.7 Å². The minimum atomic E-state index is -0.321. The van der Waals surface area contributed by atoms with Crippen LogP contribution in [0.15, 0.2) is 78.0 Å². The van der Waals surface area contributed by atoms with Crippen LogP contribution in [0.25, 0.3) is 22.6 Å². The average molecular weight is 413 g/mol. The third kappa shape index (κ3) is 3.34. The molecule has 0 atom stereocenters. The van der Waals surface area contributed by atoms with Gasteiger partial charge in [-0.05, 0) is 61.4 Å². The van der Waals surface area contributed by atoms with Crippen LogP contribution in [-0.4, -0.2) is 23.7 Å². The fourth-order valence-electron chi connectivity index (χ4n) is 3.96. The largest absolute Gasteiger partial charge is 0.333 e. The van der Waals surface area contributed by atoms with Crippen LogP contribution in [0.5, 0.6) is 0 Å². The highest BCUT2D eigenvalue weighted by Gasteiger charge is 2.20. The zero-order chi connectivity index (χ0) is 21.5. The molecular formula is C24H20FN5O. The molecule has 0 amide bonds. The number of rotatable bonds is 4. The standard InChI is InChI=1S/C24H20FN5O/c1-16-5-3-8-21(11-16)30-23(19-9-10-22-26-15-27-29(22)14-19)17(2)28(24(30)31)13-18-6-4-7-20(25)12-18/h3-12,14-15H,13H2,1-2H3. The lowest BCUT2D eigenvalue weighted by atomic mass is 10.1. The summed E-state index contributed by atoms with van der Waals surface area (Å²) in [6, 6.07) is 18.0. The summed E-state index contributed by atoms with van der Waals surface area (Å²) in [5, 5.41) is 4.23. The van der Waals surface area contributed by atoms with Gasteiger partial charge < -0.3 is 0 Å². The smallest absolute Gasteiger partial charge is 0.291 e. The van der Waals surface area contributed by atoms with E-state index in [0.717, 1.165) is 39.4 Å². The van der Waals surface area contributed by atoms with E-state index >= 15 is 0 Å². The molecule has 0 saturated carbocycles. The first-order valence-electron chi connectivity index (χ1n) is 9.94. The molecule has 2 aromatic carbocycles. The molecule has 5 rings (SSSR count). The number of hydrogen-bond donors (Lipinski definition) is 0. The summed E-state index contributed by atoms with van der Waals surface area (Å²) in [6.45, 7) is 4.18. The monoisotopic (exact) mass is 413 g/mol. The van der Waals surface area contributed by atoms with E-state index in [1.165, 1.54) is 18.5 Å². The summed E-state index contributed by atoms with van der Waals surface area (Å²) in [7, 11) is 0. The van der Waals surface area contributed by atoms with Gasteiger partial charge in [-0.1, -0.05) is 24.3 Å². The summed E-state index contributed by atoms with van der Waals surface area (Å²) < 4.78 is 18.8. The molecule has 3 aromatic heterocycles. The quantitative estimate of drug-likeness (QED) is 0.445. The van der Waals surface area contributed by atoms with Crippen LogP contribution in [0.2, 0.25) is 0 Å². The number of halogens is 1. The Hall–Kier alpha value is -4.00. The lowest BCUT2D eigenvalue weighted by Crippen LogP contribution is -2.24. The molecule has 0 aliphatic carbocycles. The van der Waals surface area contributed by atoms with Crippen molar-refractivity contribution < 1.29 is 4.39 Å². The maximum atomic E-state index is 13.7. The minimum Gasteiger partial charge on any atom is -0.291 e. The zero-order valence-corrected chi connectivity index (χ0v) is 17.2. The average Bonchev–Trinajstić information content (AvgIpc) is 3.31. The van der Waals surface area contributed by atoms with Gasteiger partial charge in [0.1, 0.15) is 12.1 Å². The van der Waals surface area contributed by atoms with Crippen molar-refractivity contribution in [3.05, 3.63) is 106 Å². The number of hydrogen-bond acceptors (Lipinski definition) is 3. The van der Waals surface area contributed by atoms with Crippen molar-refractivity contribution in [3.63, 3.8) is 0 Å². The molecular weight excluding hydrogens is 393 g/mol. The molecule has 0 aliphatic heterocycles. The maximum absolute atomic E-state index is 13.7. The van der Waals surface area contributed by atoms with Gasteiger partial charge in [0.15, 0.2) is 5.65 Å². The van der Waals surface area contributed by atoms with Crippen LogP contribution in [0.4, 0.5) is 4.39 Å². The fraction of sp³-hybridized carbons (Fsp3) is 0.125. The minimum absolute atomic E-state index is 0.180. The molecule has 6 nitrogen and oxygen atoms in total. The molecule has 0 N–H and O–H groups in total. The van der Waals surface area contributed by atoms with Gasteiger partial charge in [0.05, 0.1) is 17.9 Å². The van der Waals surface area contributed by atoms with E-state index in [4.69, 9.17) is 0 Å². The second-order valence-corrected chi connectivity index (χ2v) is 7.59. The highest BCUT2D eigenvalue weighted by Crippen LogP contribution is 2.27. The zero-order valence-electron chi connectivity index (χ0n) is 17.2. The fourth-order valence-corrected chi connectivity index (χ4v) is 3.96. The van der Waals surface area contributed by atoms with Gasteiger partial charge in [-0.15, -0.1) is 0 Å². The highest BCUT2D eigenvalue weighted by atomic mass is 19.1. The molecule has 3 heterocycles. The Morgan fingerprint density at radius 2 is 1.84 bits per heavy atom.